The van der Waals surface area contributed by atoms with Crippen molar-refractivity contribution < 1.29 is 9.72 Å². The largest absolute Gasteiger partial charge is 0.313 e. The summed E-state index contributed by atoms with van der Waals surface area (Å²) in [4.78, 5) is 22.6. The fourth-order valence-electron chi connectivity index (χ4n) is 2.14. The second-order valence-corrected chi connectivity index (χ2v) is 5.17. The molecular weight excluding hydrogens is 246 g/mol. The van der Waals surface area contributed by atoms with Crippen LogP contribution in [0.4, 0.5) is 5.69 Å². The summed E-state index contributed by atoms with van der Waals surface area (Å²) in [6, 6.07) is 0. The summed E-state index contributed by atoms with van der Waals surface area (Å²) in [5.41, 5.74) is 0.811. The van der Waals surface area contributed by atoms with E-state index in [0.29, 0.717) is 24.4 Å². The first kappa shape index (κ1) is 15.3. The van der Waals surface area contributed by atoms with Crippen LogP contribution in [0.15, 0.2) is 0 Å². The molecule has 0 aliphatic carbocycles. The van der Waals surface area contributed by atoms with E-state index >= 15 is 0 Å². The van der Waals surface area contributed by atoms with Gasteiger partial charge in [-0.3, -0.25) is 19.6 Å². The van der Waals surface area contributed by atoms with Gasteiger partial charge in [-0.25, -0.2) is 0 Å². The number of hydrogen-bond acceptors (Lipinski definition) is 4. The lowest BCUT2D eigenvalue weighted by atomic mass is 10.0. The van der Waals surface area contributed by atoms with Crippen molar-refractivity contribution in [1.82, 2.24) is 9.78 Å². The average molecular weight is 267 g/mol. The van der Waals surface area contributed by atoms with Crippen LogP contribution in [0.3, 0.4) is 0 Å². The molecule has 0 amide bonds. The number of hydrogen-bond donors (Lipinski definition) is 0. The third-order valence-corrected chi connectivity index (χ3v) is 2.82. The fraction of sp³-hybridized carbons (Fsp3) is 0.692. The highest BCUT2D eigenvalue weighted by Crippen LogP contribution is 2.24. The van der Waals surface area contributed by atoms with Crippen LogP contribution in [0.25, 0.3) is 0 Å². The molecule has 0 bridgehead atoms. The summed E-state index contributed by atoms with van der Waals surface area (Å²) in [6.45, 7) is 8.10. The minimum absolute atomic E-state index is 0.00874. The van der Waals surface area contributed by atoms with Gasteiger partial charge in [0.05, 0.1) is 11.3 Å². The Hall–Kier alpha value is -1.72. The normalized spacial score (nSPS) is 11.0. The van der Waals surface area contributed by atoms with Gasteiger partial charge in [0.25, 0.3) is 0 Å². The first-order chi connectivity index (χ1) is 8.86. The van der Waals surface area contributed by atoms with Crippen molar-refractivity contribution in [1.29, 1.82) is 0 Å². The van der Waals surface area contributed by atoms with Crippen molar-refractivity contribution in [3.63, 3.8) is 0 Å². The smallest absolute Gasteiger partial charge is 0.299 e. The molecule has 1 rings (SSSR count). The van der Waals surface area contributed by atoms with Crippen LogP contribution in [0.1, 0.15) is 45.0 Å². The number of ketones is 1. The molecule has 0 saturated carbocycles. The molecular formula is C13H21N3O3. The molecule has 6 nitrogen and oxygen atoms in total. The molecule has 0 aromatic carbocycles. The molecule has 0 aliphatic rings. The van der Waals surface area contributed by atoms with Crippen LogP contribution in [0, 0.1) is 23.0 Å². The van der Waals surface area contributed by atoms with Crippen molar-refractivity contribution in [2.45, 2.75) is 53.5 Å². The van der Waals surface area contributed by atoms with Gasteiger partial charge in [0, 0.05) is 13.0 Å². The molecule has 6 heteroatoms. The first-order valence-corrected chi connectivity index (χ1v) is 6.59. The predicted octanol–water partition coefficient (Wildman–Crippen LogP) is 2.67. The molecule has 19 heavy (non-hydrogen) atoms. The van der Waals surface area contributed by atoms with Gasteiger partial charge in [0.2, 0.25) is 0 Å². The molecule has 0 unspecified atom stereocenters. The van der Waals surface area contributed by atoms with E-state index in [4.69, 9.17) is 0 Å². The fourth-order valence-corrected chi connectivity index (χ4v) is 2.14. The maximum Gasteiger partial charge on any atom is 0.313 e. The summed E-state index contributed by atoms with van der Waals surface area (Å²) in [5.74, 6) is 0.283. The lowest BCUT2D eigenvalue weighted by molar-refractivity contribution is -0.386. The Labute approximate surface area is 113 Å². The number of Topliss-reactive ketones (excluding diaryl/α,β-unsaturated/α-hetero) is 1. The first-order valence-electron chi connectivity index (χ1n) is 6.59. The summed E-state index contributed by atoms with van der Waals surface area (Å²) < 4.78 is 1.60. The van der Waals surface area contributed by atoms with E-state index < -0.39 is 4.92 Å². The zero-order valence-corrected chi connectivity index (χ0v) is 12.0. The van der Waals surface area contributed by atoms with Gasteiger partial charge >= 0.3 is 5.69 Å². The number of rotatable bonds is 7. The summed E-state index contributed by atoms with van der Waals surface area (Å²) in [6.07, 6.45) is 1.35. The van der Waals surface area contributed by atoms with Crippen LogP contribution >= 0.6 is 0 Å². The molecule has 1 heterocycles. The minimum Gasteiger partial charge on any atom is -0.299 e. The van der Waals surface area contributed by atoms with E-state index in [0.717, 1.165) is 6.42 Å². The highest BCUT2D eigenvalue weighted by Gasteiger charge is 2.26. The third-order valence-electron chi connectivity index (χ3n) is 2.82. The number of aromatic nitrogens is 2. The summed E-state index contributed by atoms with van der Waals surface area (Å²) in [7, 11) is 0. The van der Waals surface area contributed by atoms with Gasteiger partial charge in [-0.05, 0) is 19.3 Å². The second-order valence-electron chi connectivity index (χ2n) is 5.17. The Kier molecular flexibility index (Phi) is 5.20. The summed E-state index contributed by atoms with van der Waals surface area (Å²) in [5, 5.41) is 15.3. The standard InChI is InChI=1S/C13H21N3O3/c1-5-6-15-12(8-11(17)7-9(2)3)13(16(18)19)10(4)14-15/h9H,5-8H2,1-4H3. The maximum atomic E-state index is 11.9. The molecule has 0 radical (unpaired) electrons. The molecule has 1 aromatic heterocycles. The summed E-state index contributed by atoms with van der Waals surface area (Å²) >= 11 is 0. The topological polar surface area (TPSA) is 78.0 Å². The van der Waals surface area contributed by atoms with E-state index in [1.165, 1.54) is 0 Å². The maximum absolute atomic E-state index is 11.9. The number of carbonyl (C=O) groups excluding carboxylic acids is 1. The Balaban J connectivity index is 3.07. The van der Waals surface area contributed by atoms with Crippen LogP contribution in [-0.4, -0.2) is 20.5 Å². The van der Waals surface area contributed by atoms with Crippen LogP contribution in [-0.2, 0) is 17.8 Å². The molecule has 1 aromatic rings. The zero-order valence-electron chi connectivity index (χ0n) is 12.0. The van der Waals surface area contributed by atoms with E-state index in [9.17, 15) is 14.9 Å². The van der Waals surface area contributed by atoms with Crippen LogP contribution in [0.5, 0.6) is 0 Å². The average Bonchev–Trinajstić information content (AvgIpc) is 2.54. The Bertz CT molecular complexity index is 478. The zero-order chi connectivity index (χ0) is 14.6. The van der Waals surface area contributed by atoms with Gasteiger partial charge in [-0.2, -0.15) is 5.10 Å². The Morgan fingerprint density at radius 1 is 1.47 bits per heavy atom. The number of nitrogens with zero attached hydrogens (tertiary/aromatic N) is 3. The van der Waals surface area contributed by atoms with Crippen molar-refractivity contribution in [2.75, 3.05) is 0 Å². The lowest BCUT2D eigenvalue weighted by Gasteiger charge is -2.06. The van der Waals surface area contributed by atoms with Gasteiger partial charge in [-0.15, -0.1) is 0 Å². The van der Waals surface area contributed by atoms with E-state index in [1.807, 2.05) is 20.8 Å². The van der Waals surface area contributed by atoms with Crippen molar-refractivity contribution in [2.24, 2.45) is 5.92 Å². The molecule has 0 spiro atoms. The molecule has 106 valence electrons. The third kappa shape index (κ3) is 3.87. The Morgan fingerprint density at radius 2 is 2.11 bits per heavy atom. The van der Waals surface area contributed by atoms with Crippen LogP contribution in [0.2, 0.25) is 0 Å². The van der Waals surface area contributed by atoms with Gasteiger partial charge < -0.3 is 0 Å². The monoisotopic (exact) mass is 267 g/mol. The number of nitro groups is 1. The van der Waals surface area contributed by atoms with Crippen LogP contribution < -0.4 is 0 Å². The lowest BCUT2D eigenvalue weighted by Crippen LogP contribution is -2.13. The van der Waals surface area contributed by atoms with E-state index in [1.54, 1.807) is 11.6 Å². The van der Waals surface area contributed by atoms with Crippen molar-refractivity contribution in [3.05, 3.63) is 21.5 Å². The van der Waals surface area contributed by atoms with E-state index in [2.05, 4.69) is 5.10 Å². The highest BCUT2D eigenvalue weighted by molar-refractivity contribution is 5.81. The minimum atomic E-state index is -0.438. The second kappa shape index (κ2) is 6.45. The highest BCUT2D eigenvalue weighted by atomic mass is 16.6. The molecule has 0 aliphatic heterocycles. The number of carbonyl (C=O) groups is 1. The number of aryl methyl sites for hydroxylation is 2. The van der Waals surface area contributed by atoms with Gasteiger partial charge in [-0.1, -0.05) is 20.8 Å². The molecule has 0 saturated heterocycles. The SMILES string of the molecule is CCCn1nc(C)c([N+](=O)[O-])c1CC(=O)CC(C)C. The van der Waals surface area contributed by atoms with E-state index in [-0.39, 0.29) is 23.8 Å². The predicted molar refractivity (Wildman–Crippen MR) is 72.1 cm³/mol. The van der Waals surface area contributed by atoms with Crippen molar-refractivity contribution >= 4 is 11.5 Å². The van der Waals surface area contributed by atoms with Gasteiger partial charge in [0.15, 0.2) is 0 Å². The Morgan fingerprint density at radius 3 is 2.58 bits per heavy atom. The molecule has 0 N–H and O–H groups in total. The van der Waals surface area contributed by atoms with Gasteiger partial charge in [0.1, 0.15) is 17.2 Å². The quantitative estimate of drug-likeness (QED) is 0.562. The van der Waals surface area contributed by atoms with Crippen molar-refractivity contribution in [3.8, 4) is 0 Å². The molecule has 0 atom stereocenters. The molecule has 0 fully saturated rings.